The third-order valence-corrected chi connectivity index (χ3v) is 8.08. The number of aromatic nitrogens is 3. The summed E-state index contributed by atoms with van der Waals surface area (Å²) in [7, 11) is -1.97. The van der Waals surface area contributed by atoms with Crippen molar-refractivity contribution in [2.24, 2.45) is 13.0 Å². The number of sulfonamides is 1. The van der Waals surface area contributed by atoms with E-state index in [4.69, 9.17) is 23.2 Å². The fraction of sp³-hybridized carbons (Fsp3) is 0.350. The highest BCUT2D eigenvalue weighted by Crippen LogP contribution is 2.31. The van der Waals surface area contributed by atoms with Gasteiger partial charge in [0.2, 0.25) is 15.9 Å². The molecule has 1 fully saturated rings. The summed E-state index contributed by atoms with van der Waals surface area (Å²) in [6, 6.07) is 6.20. The minimum Gasteiger partial charge on any atom is -0.324 e. The number of piperidine rings is 1. The van der Waals surface area contributed by atoms with Crippen LogP contribution in [0.5, 0.6) is 0 Å². The van der Waals surface area contributed by atoms with Gasteiger partial charge in [-0.05, 0) is 44.0 Å². The number of carbonyl (C=O) groups is 1. The van der Waals surface area contributed by atoms with Crippen LogP contribution < -0.4 is 5.32 Å². The Hall–Kier alpha value is -2.20. The summed E-state index contributed by atoms with van der Waals surface area (Å²) in [5, 5.41) is 8.52. The van der Waals surface area contributed by atoms with Crippen LogP contribution in [0.15, 0.2) is 35.4 Å². The van der Waals surface area contributed by atoms with Gasteiger partial charge < -0.3 is 5.32 Å². The molecule has 0 unspecified atom stereocenters. The van der Waals surface area contributed by atoms with Gasteiger partial charge >= 0.3 is 0 Å². The highest BCUT2D eigenvalue weighted by Gasteiger charge is 2.33. The van der Waals surface area contributed by atoms with Crippen LogP contribution in [0.1, 0.15) is 18.5 Å². The second-order valence-corrected chi connectivity index (χ2v) is 10.3. The Bertz CT molecular complexity index is 1270. The molecule has 2 aromatic heterocycles. The normalized spacial score (nSPS) is 16.0. The van der Waals surface area contributed by atoms with E-state index in [2.05, 4.69) is 15.4 Å². The Balaban J connectivity index is 1.43. The van der Waals surface area contributed by atoms with E-state index >= 15 is 0 Å². The Morgan fingerprint density at radius 1 is 1.19 bits per heavy atom. The van der Waals surface area contributed by atoms with Gasteiger partial charge in [0.05, 0.1) is 22.6 Å². The van der Waals surface area contributed by atoms with E-state index in [9.17, 15) is 13.2 Å². The monoisotopic (exact) mass is 481 g/mol. The zero-order chi connectivity index (χ0) is 22.3. The Kier molecular flexibility index (Phi) is 5.95. The summed E-state index contributed by atoms with van der Waals surface area (Å²) in [6.07, 6.45) is 2.41. The van der Waals surface area contributed by atoms with E-state index in [0.717, 1.165) is 16.7 Å². The molecule has 3 aromatic rings. The van der Waals surface area contributed by atoms with Gasteiger partial charge in [-0.2, -0.15) is 9.40 Å². The van der Waals surface area contributed by atoms with E-state index in [-0.39, 0.29) is 34.8 Å². The van der Waals surface area contributed by atoms with Crippen LogP contribution in [0, 0.1) is 12.8 Å². The van der Waals surface area contributed by atoms with Crippen LogP contribution in [0.4, 0.5) is 5.69 Å². The fourth-order valence-electron chi connectivity index (χ4n) is 3.79. The van der Waals surface area contributed by atoms with E-state index in [1.54, 1.807) is 16.9 Å². The van der Waals surface area contributed by atoms with Crippen LogP contribution in [0.2, 0.25) is 10.0 Å². The summed E-state index contributed by atoms with van der Waals surface area (Å²) in [5.41, 5.74) is 2.17. The number of nitrogens with one attached hydrogen (secondary N) is 1. The third kappa shape index (κ3) is 4.27. The first-order valence-electron chi connectivity index (χ1n) is 9.72. The molecule has 31 heavy (non-hydrogen) atoms. The Morgan fingerprint density at radius 2 is 1.90 bits per heavy atom. The zero-order valence-corrected chi connectivity index (χ0v) is 19.3. The maximum absolute atomic E-state index is 13.0. The molecule has 1 saturated heterocycles. The first-order valence-corrected chi connectivity index (χ1v) is 11.9. The van der Waals surface area contributed by atoms with E-state index < -0.39 is 10.0 Å². The lowest BCUT2D eigenvalue weighted by molar-refractivity contribution is -0.120. The number of carbonyl (C=O) groups excluding carboxylic acids is 1. The molecular weight excluding hydrogens is 461 g/mol. The number of hydrogen-bond acceptors (Lipinski definition) is 5. The van der Waals surface area contributed by atoms with Crippen LogP contribution in [-0.4, -0.2) is 46.5 Å². The van der Waals surface area contributed by atoms with Crippen molar-refractivity contribution in [3.63, 3.8) is 0 Å². The molecule has 4 rings (SSSR count). The number of rotatable bonds is 4. The summed E-state index contributed by atoms with van der Waals surface area (Å²) in [5.74, 6) is -0.451. The van der Waals surface area contributed by atoms with Crippen molar-refractivity contribution >= 4 is 55.9 Å². The predicted molar refractivity (Wildman–Crippen MR) is 120 cm³/mol. The summed E-state index contributed by atoms with van der Waals surface area (Å²) in [4.78, 5) is 17.1. The first-order chi connectivity index (χ1) is 14.7. The van der Waals surface area contributed by atoms with Crippen molar-refractivity contribution in [2.75, 3.05) is 18.4 Å². The van der Waals surface area contributed by atoms with E-state index in [1.165, 1.54) is 16.4 Å². The third-order valence-electron chi connectivity index (χ3n) is 5.47. The number of nitrogens with zero attached hydrogens (tertiary/aromatic N) is 4. The summed E-state index contributed by atoms with van der Waals surface area (Å²) >= 11 is 12.0. The number of pyridine rings is 1. The minimum atomic E-state index is -3.78. The molecule has 164 valence electrons. The fourth-order valence-corrected chi connectivity index (χ4v) is 6.00. The molecular formula is C20H21Cl2N5O3S. The molecule has 1 N–H and O–H groups in total. The van der Waals surface area contributed by atoms with Crippen molar-refractivity contribution in [2.45, 2.75) is 24.7 Å². The molecule has 8 nitrogen and oxygen atoms in total. The Labute approximate surface area is 190 Å². The summed E-state index contributed by atoms with van der Waals surface area (Å²) in [6.45, 7) is 2.34. The second kappa shape index (κ2) is 8.38. The van der Waals surface area contributed by atoms with Crippen LogP contribution in [0.25, 0.3) is 11.0 Å². The highest BCUT2D eigenvalue weighted by molar-refractivity contribution is 7.89. The van der Waals surface area contributed by atoms with Crippen molar-refractivity contribution in [3.05, 3.63) is 46.2 Å². The minimum absolute atomic E-state index is 0.0178. The number of amides is 1. The van der Waals surface area contributed by atoms with Gasteiger partial charge in [0.25, 0.3) is 0 Å². The molecule has 0 aliphatic carbocycles. The quantitative estimate of drug-likeness (QED) is 0.613. The molecule has 0 spiro atoms. The topological polar surface area (TPSA) is 97.2 Å². The number of halogens is 2. The van der Waals surface area contributed by atoms with Gasteiger partial charge in [-0.15, -0.1) is 0 Å². The lowest BCUT2D eigenvalue weighted by Gasteiger charge is -2.30. The van der Waals surface area contributed by atoms with Crippen molar-refractivity contribution < 1.29 is 13.2 Å². The smallest absolute Gasteiger partial charge is 0.244 e. The molecule has 11 heteroatoms. The molecule has 0 bridgehead atoms. The number of benzene rings is 1. The molecule has 1 aromatic carbocycles. The van der Waals surface area contributed by atoms with Crippen LogP contribution >= 0.6 is 23.2 Å². The lowest BCUT2D eigenvalue weighted by Crippen LogP contribution is -2.41. The predicted octanol–water partition coefficient (Wildman–Crippen LogP) is 3.62. The van der Waals surface area contributed by atoms with Crippen LogP contribution in [0.3, 0.4) is 0 Å². The standard InChI is InChI=1S/C20H21Cl2N5O3S/c1-12-16-10-15(11-23-19(16)26(2)25-12)24-20(28)13-5-7-27(8-6-13)31(29,30)18-9-14(21)3-4-17(18)22/h3-4,9-11,13H,5-8H2,1-2H3,(H,24,28). The molecule has 1 amide bonds. The molecule has 1 aliphatic rings. The second-order valence-electron chi connectivity index (χ2n) is 7.55. The number of anilines is 1. The number of aryl methyl sites for hydroxylation is 2. The largest absolute Gasteiger partial charge is 0.324 e. The molecule has 0 radical (unpaired) electrons. The zero-order valence-electron chi connectivity index (χ0n) is 17.0. The molecule has 1 aliphatic heterocycles. The van der Waals surface area contributed by atoms with E-state index in [1.807, 2.05) is 20.0 Å². The van der Waals surface area contributed by atoms with Crippen molar-refractivity contribution in [1.82, 2.24) is 19.1 Å². The van der Waals surface area contributed by atoms with Gasteiger partial charge in [0, 0.05) is 36.5 Å². The maximum Gasteiger partial charge on any atom is 0.244 e. The molecule has 3 heterocycles. The number of fused-ring (bicyclic) bond motifs is 1. The van der Waals surface area contributed by atoms with Crippen molar-refractivity contribution in [1.29, 1.82) is 0 Å². The van der Waals surface area contributed by atoms with Gasteiger partial charge in [-0.3, -0.25) is 9.48 Å². The van der Waals surface area contributed by atoms with Gasteiger partial charge in [0.15, 0.2) is 5.65 Å². The van der Waals surface area contributed by atoms with E-state index in [0.29, 0.717) is 23.6 Å². The van der Waals surface area contributed by atoms with Crippen LogP contribution in [-0.2, 0) is 21.9 Å². The van der Waals surface area contributed by atoms with Gasteiger partial charge in [-0.1, -0.05) is 23.2 Å². The van der Waals surface area contributed by atoms with Crippen molar-refractivity contribution in [3.8, 4) is 0 Å². The van der Waals surface area contributed by atoms with Gasteiger partial charge in [0.1, 0.15) is 4.90 Å². The number of hydrogen-bond donors (Lipinski definition) is 1. The SMILES string of the molecule is Cc1nn(C)c2ncc(NC(=O)C3CCN(S(=O)(=O)c4cc(Cl)ccc4Cl)CC3)cc12. The Morgan fingerprint density at radius 3 is 2.61 bits per heavy atom. The maximum atomic E-state index is 13.0. The van der Waals surface area contributed by atoms with Gasteiger partial charge in [-0.25, -0.2) is 13.4 Å². The average Bonchev–Trinajstić information content (AvgIpc) is 3.03. The average molecular weight is 482 g/mol. The highest BCUT2D eigenvalue weighted by atomic mass is 35.5. The molecule has 0 atom stereocenters. The first kappa shape index (κ1) is 22.0. The summed E-state index contributed by atoms with van der Waals surface area (Å²) < 4.78 is 28.9. The lowest BCUT2D eigenvalue weighted by atomic mass is 9.97. The molecule has 0 saturated carbocycles.